The molecule has 12 nitrogen and oxygen atoms in total. The van der Waals surface area contributed by atoms with E-state index in [1.807, 2.05) is 48.5 Å². The molecule has 4 aliphatic heterocycles. The number of rotatable bonds is 32. The molecule has 0 saturated heterocycles. The second kappa shape index (κ2) is 29.9. The van der Waals surface area contributed by atoms with Crippen LogP contribution in [0.2, 0.25) is 0 Å². The molecule has 0 aliphatic carbocycles. The fourth-order valence-electron chi connectivity index (χ4n) is 11.1. The van der Waals surface area contributed by atoms with E-state index in [9.17, 15) is 19.2 Å². The van der Waals surface area contributed by atoms with Crippen molar-refractivity contribution in [3.63, 3.8) is 0 Å². The number of allylic oxidation sites excluding steroid dienone is 7. The van der Waals surface area contributed by atoms with Gasteiger partial charge in [-0.25, -0.2) is 0 Å². The number of ketones is 4. The minimum absolute atomic E-state index is 0.0398. The lowest BCUT2D eigenvalue weighted by atomic mass is 9.86. The summed E-state index contributed by atoms with van der Waals surface area (Å²) in [4.78, 5) is 62.5. The smallest absolute Gasteiger partial charge is 0.155 e. The summed E-state index contributed by atoms with van der Waals surface area (Å²) in [6.45, 7) is 16.4. The molecule has 84 heavy (non-hydrogen) atoms. The average Bonchev–Trinajstić information content (AvgIpc) is 3.85. The topological polar surface area (TPSA) is 158 Å². The first kappa shape index (κ1) is 59.7. The first-order chi connectivity index (χ1) is 41.1. The fourth-order valence-corrected chi connectivity index (χ4v) is 11.1. The predicted octanol–water partition coefficient (Wildman–Crippen LogP) is 12.7. The van der Waals surface area contributed by atoms with Crippen molar-refractivity contribution in [2.24, 2.45) is 9.98 Å². The third-order valence-electron chi connectivity index (χ3n) is 15.6. The summed E-state index contributed by atoms with van der Waals surface area (Å²) in [5.41, 5.74) is 10.9. The maximum Gasteiger partial charge on any atom is 0.155 e. The van der Waals surface area contributed by atoms with Gasteiger partial charge in [-0.2, -0.15) is 0 Å². The Balaban J connectivity index is 1.12. The molecular formula is C72H76N4O8. The SMILES string of the molecule is C=CC(=O)CCCCOc1ccc(C2=c3cc/c([nH]3)=C(\c3ccc(OCCCCC(=O)C=C)cc3)C3=CCC(N3)/C(c3ccc(OCCCCC(=O)C=C)cc3)=C3/C=CC(=N3)C(c3ccc(OCCCCC(=O)C=C)cc3)C3CCC2=N3)cc1. The molecular weight excluding hydrogens is 1050 g/mol. The van der Waals surface area contributed by atoms with Gasteiger partial charge in [0, 0.05) is 70.4 Å². The summed E-state index contributed by atoms with van der Waals surface area (Å²) in [6.07, 6.45) is 22.1. The molecule has 432 valence electrons. The number of aromatic nitrogens is 1. The van der Waals surface area contributed by atoms with Crippen LogP contribution in [0, 0.1) is 0 Å². The number of aromatic amines is 1. The van der Waals surface area contributed by atoms with Crippen molar-refractivity contribution in [2.75, 3.05) is 26.4 Å². The monoisotopic (exact) mass is 1120 g/mol. The molecule has 12 heteroatoms. The number of hydrogen-bond donors (Lipinski definition) is 2. The molecule has 0 spiro atoms. The number of nitrogens with one attached hydrogen (secondary N) is 2. The van der Waals surface area contributed by atoms with Gasteiger partial charge in [0.2, 0.25) is 0 Å². The summed E-state index contributed by atoms with van der Waals surface area (Å²) in [5.74, 6) is 2.97. The molecule has 3 atom stereocenters. The second-order valence-electron chi connectivity index (χ2n) is 21.5. The van der Waals surface area contributed by atoms with E-state index in [1.165, 1.54) is 24.3 Å². The maximum atomic E-state index is 11.8. The van der Waals surface area contributed by atoms with Crippen LogP contribution in [-0.4, -0.2) is 78.1 Å². The maximum absolute atomic E-state index is 11.8. The largest absolute Gasteiger partial charge is 0.494 e. The molecule has 4 aromatic carbocycles. The Labute approximate surface area is 493 Å². The van der Waals surface area contributed by atoms with E-state index >= 15 is 0 Å². The standard InChI is InChI=1S/C72H76N4O8/c1-5-53(77)17-9-13-45-81-57-29-21-49(22-30-57)69-61-37-39-63(73-61)70(50-23-31-58(32-24-50)82-46-14-10-18-54(78)6-2)65-41-43-67(75-65)72(52-27-35-60(36-28-52)84-48-16-12-20-56(80)8-4)68-44-42-66(76-68)71(64-40-38-62(69)74-64)51-25-33-59(34-26-51)83-47-15-11-19-55(79)7-3/h5-8,21-39,42,44,64,67,72-74H,1-4,9-20,40-41,43,45-48H2/b69-61-,70-63?,71-66-. The van der Waals surface area contributed by atoms with Crippen molar-refractivity contribution in [2.45, 2.75) is 114 Å². The van der Waals surface area contributed by atoms with Gasteiger partial charge >= 0.3 is 0 Å². The van der Waals surface area contributed by atoms with Crippen LogP contribution in [0.4, 0.5) is 0 Å². The highest BCUT2D eigenvalue weighted by molar-refractivity contribution is 6.24. The molecule has 0 amide bonds. The van der Waals surface area contributed by atoms with Gasteiger partial charge < -0.3 is 29.2 Å². The lowest BCUT2D eigenvalue weighted by Gasteiger charge is -2.23. The number of aliphatic imine (C=N–C) groups is 2. The number of carbonyl (C=O) groups is 4. The number of unbranched alkanes of at least 4 members (excludes halogenated alkanes) is 4. The molecule has 9 rings (SSSR count). The number of nitrogens with zero attached hydrogens (tertiary/aromatic N) is 2. The van der Waals surface area contributed by atoms with E-state index in [-0.39, 0.29) is 41.1 Å². The Morgan fingerprint density at radius 2 is 0.940 bits per heavy atom. The van der Waals surface area contributed by atoms with Gasteiger partial charge in [0.05, 0.1) is 49.9 Å². The third-order valence-corrected chi connectivity index (χ3v) is 15.6. The number of fused-ring (bicyclic) bond motifs is 6. The molecule has 4 aliphatic rings. The Hall–Kier alpha value is -8.90. The van der Waals surface area contributed by atoms with Gasteiger partial charge in [0.25, 0.3) is 0 Å². The van der Waals surface area contributed by atoms with Gasteiger partial charge in [-0.15, -0.1) is 0 Å². The Morgan fingerprint density at radius 3 is 1.40 bits per heavy atom. The second-order valence-corrected chi connectivity index (χ2v) is 21.5. The Kier molecular flexibility index (Phi) is 21.2. The molecule has 5 heterocycles. The number of H-pyrrole nitrogens is 1. The van der Waals surface area contributed by atoms with Crippen LogP contribution >= 0.6 is 0 Å². The number of benzene rings is 4. The van der Waals surface area contributed by atoms with Gasteiger partial charge in [-0.3, -0.25) is 29.2 Å². The zero-order valence-electron chi connectivity index (χ0n) is 48.1. The summed E-state index contributed by atoms with van der Waals surface area (Å²) < 4.78 is 24.7. The number of carbonyl (C=O) groups excluding carboxylic acids is 4. The molecule has 5 aromatic rings. The zero-order valence-corrected chi connectivity index (χ0v) is 48.1. The van der Waals surface area contributed by atoms with E-state index in [4.69, 9.17) is 28.9 Å². The van der Waals surface area contributed by atoms with Crippen molar-refractivity contribution in [3.8, 4) is 23.0 Å². The number of ether oxygens (including phenoxy) is 4. The fraction of sp³-hybridized carbons (Fsp3) is 0.306. The van der Waals surface area contributed by atoms with Crippen LogP contribution < -0.4 is 35.0 Å². The van der Waals surface area contributed by atoms with E-state index in [1.54, 1.807) is 0 Å². The normalized spacial score (nSPS) is 18.4. The van der Waals surface area contributed by atoms with E-state index in [0.717, 1.165) is 160 Å². The lowest BCUT2D eigenvalue weighted by Crippen LogP contribution is -2.28. The minimum Gasteiger partial charge on any atom is -0.494 e. The molecule has 0 radical (unpaired) electrons. The van der Waals surface area contributed by atoms with Crippen molar-refractivity contribution in [3.05, 3.63) is 222 Å². The predicted molar refractivity (Wildman–Crippen MR) is 335 cm³/mol. The van der Waals surface area contributed by atoms with Gasteiger partial charge in [-0.05, 0) is 190 Å². The van der Waals surface area contributed by atoms with Crippen LogP contribution in [-0.2, 0) is 19.2 Å². The van der Waals surface area contributed by atoms with E-state index < -0.39 is 0 Å². The van der Waals surface area contributed by atoms with Crippen LogP contribution in [0.3, 0.4) is 0 Å². The van der Waals surface area contributed by atoms with E-state index in [0.29, 0.717) is 58.5 Å². The first-order valence-electron chi connectivity index (χ1n) is 29.6. The molecule has 2 N–H and O–H groups in total. The molecule has 1 aromatic heterocycles. The first-order valence-corrected chi connectivity index (χ1v) is 29.6. The van der Waals surface area contributed by atoms with Crippen LogP contribution in [0.15, 0.2) is 199 Å². The summed E-state index contributed by atoms with van der Waals surface area (Å²) in [5, 5.41) is 5.87. The highest BCUT2D eigenvalue weighted by atomic mass is 16.5. The molecule has 8 bridgehead atoms. The summed E-state index contributed by atoms with van der Waals surface area (Å²) in [6, 6.07) is 37.0. The average molecular weight is 1130 g/mol. The van der Waals surface area contributed by atoms with Crippen molar-refractivity contribution < 1.29 is 38.1 Å². The molecule has 0 saturated carbocycles. The van der Waals surface area contributed by atoms with Gasteiger partial charge in [-0.1, -0.05) is 80.9 Å². The van der Waals surface area contributed by atoms with Crippen LogP contribution in [0.5, 0.6) is 23.0 Å². The minimum atomic E-state index is -0.196. The van der Waals surface area contributed by atoms with Crippen LogP contribution in [0.25, 0.3) is 16.7 Å². The van der Waals surface area contributed by atoms with Gasteiger partial charge in [0.15, 0.2) is 23.1 Å². The number of hydrogen-bond acceptors (Lipinski definition) is 11. The summed E-state index contributed by atoms with van der Waals surface area (Å²) >= 11 is 0. The van der Waals surface area contributed by atoms with Gasteiger partial charge in [0.1, 0.15) is 23.0 Å². The van der Waals surface area contributed by atoms with E-state index in [2.05, 4.69) is 116 Å². The zero-order chi connectivity index (χ0) is 58.6. The van der Waals surface area contributed by atoms with Crippen LogP contribution in [0.1, 0.15) is 124 Å². The Morgan fingerprint density at radius 1 is 0.512 bits per heavy atom. The van der Waals surface area contributed by atoms with Crippen molar-refractivity contribution in [1.82, 2.24) is 10.3 Å². The molecule has 3 unspecified atom stereocenters. The highest BCUT2D eigenvalue weighted by Crippen LogP contribution is 2.40. The van der Waals surface area contributed by atoms with Crippen molar-refractivity contribution >= 4 is 51.3 Å². The third kappa shape index (κ3) is 15.8. The quantitative estimate of drug-likeness (QED) is 0.0316. The lowest BCUT2D eigenvalue weighted by molar-refractivity contribution is -0.115. The van der Waals surface area contributed by atoms with Crippen molar-refractivity contribution in [1.29, 1.82) is 0 Å². The highest BCUT2D eigenvalue weighted by Gasteiger charge is 2.35. The summed E-state index contributed by atoms with van der Waals surface area (Å²) in [7, 11) is 0. The molecule has 0 fully saturated rings. The Bertz CT molecular complexity index is 3500.